The number of nitrogens with one attached hydrogen (secondary N) is 1. The molecule has 2 heterocycles. The molecule has 0 aliphatic rings. The van der Waals surface area contributed by atoms with Crippen LogP contribution in [0.15, 0.2) is 30.6 Å². The highest BCUT2D eigenvalue weighted by Crippen LogP contribution is 2.21. The Hall–Kier alpha value is -2.63. The number of aryl methyl sites for hydroxylation is 1. The first kappa shape index (κ1) is 11.8. The molecule has 2 rings (SSSR count). The maximum absolute atomic E-state index is 10.7. The average Bonchev–Trinajstić information content (AvgIpc) is 2.34. The van der Waals surface area contributed by atoms with Crippen molar-refractivity contribution < 1.29 is 9.90 Å². The SMILES string of the molecule is Cc1ccc(Nc2ncc(C(=O)O)cc2N)cn1. The average molecular weight is 244 g/mol. The number of hydrogen-bond donors (Lipinski definition) is 3. The second kappa shape index (κ2) is 4.70. The van der Waals surface area contributed by atoms with Crippen LogP contribution in [0.1, 0.15) is 16.1 Å². The Balaban J connectivity index is 2.24. The summed E-state index contributed by atoms with van der Waals surface area (Å²) in [5, 5.41) is 11.8. The van der Waals surface area contributed by atoms with Gasteiger partial charge in [0.2, 0.25) is 0 Å². The van der Waals surface area contributed by atoms with Crippen LogP contribution in [-0.4, -0.2) is 21.0 Å². The summed E-state index contributed by atoms with van der Waals surface area (Å²) in [4.78, 5) is 18.8. The van der Waals surface area contributed by atoms with Crippen molar-refractivity contribution in [3.8, 4) is 0 Å². The minimum atomic E-state index is -1.06. The fraction of sp³-hybridized carbons (Fsp3) is 0.0833. The zero-order chi connectivity index (χ0) is 13.1. The Morgan fingerprint density at radius 3 is 2.67 bits per heavy atom. The van der Waals surface area contributed by atoms with Crippen molar-refractivity contribution in [2.24, 2.45) is 0 Å². The number of nitrogens with zero attached hydrogens (tertiary/aromatic N) is 2. The first-order chi connectivity index (χ1) is 8.56. The first-order valence-electron chi connectivity index (χ1n) is 5.25. The molecule has 0 radical (unpaired) electrons. The number of carbonyl (C=O) groups is 1. The van der Waals surface area contributed by atoms with Gasteiger partial charge < -0.3 is 16.2 Å². The maximum atomic E-state index is 10.7. The lowest BCUT2D eigenvalue weighted by molar-refractivity contribution is 0.0696. The van der Waals surface area contributed by atoms with Crippen LogP contribution >= 0.6 is 0 Å². The van der Waals surface area contributed by atoms with Crippen LogP contribution < -0.4 is 11.1 Å². The third-order valence-corrected chi connectivity index (χ3v) is 2.34. The van der Waals surface area contributed by atoms with E-state index in [4.69, 9.17) is 10.8 Å². The lowest BCUT2D eigenvalue weighted by Gasteiger charge is -2.08. The molecule has 2 aromatic rings. The van der Waals surface area contributed by atoms with Gasteiger partial charge in [0, 0.05) is 11.9 Å². The summed E-state index contributed by atoms with van der Waals surface area (Å²) in [6.45, 7) is 1.89. The number of hydrogen-bond acceptors (Lipinski definition) is 5. The monoisotopic (exact) mass is 244 g/mol. The van der Waals surface area contributed by atoms with Crippen molar-refractivity contribution in [1.29, 1.82) is 0 Å². The molecule has 0 unspecified atom stereocenters. The Labute approximate surface area is 104 Å². The third-order valence-electron chi connectivity index (χ3n) is 2.34. The normalized spacial score (nSPS) is 10.1. The lowest BCUT2D eigenvalue weighted by Crippen LogP contribution is -2.04. The number of carboxylic acids is 1. The van der Waals surface area contributed by atoms with E-state index in [2.05, 4.69) is 15.3 Å². The molecule has 18 heavy (non-hydrogen) atoms. The summed E-state index contributed by atoms with van der Waals surface area (Å²) in [5.74, 6) is -0.650. The zero-order valence-electron chi connectivity index (χ0n) is 9.71. The molecule has 0 fully saturated rings. The number of nitrogen functional groups attached to an aromatic ring is 1. The second-order valence-electron chi connectivity index (χ2n) is 3.78. The molecule has 0 saturated heterocycles. The smallest absolute Gasteiger partial charge is 0.337 e. The van der Waals surface area contributed by atoms with Crippen molar-refractivity contribution in [2.75, 3.05) is 11.1 Å². The molecule has 6 nitrogen and oxygen atoms in total. The van der Waals surface area contributed by atoms with Crippen molar-refractivity contribution in [3.05, 3.63) is 41.9 Å². The number of rotatable bonds is 3. The Kier molecular flexibility index (Phi) is 3.09. The van der Waals surface area contributed by atoms with E-state index in [0.717, 1.165) is 11.4 Å². The van der Waals surface area contributed by atoms with Crippen molar-refractivity contribution in [2.45, 2.75) is 6.92 Å². The molecule has 0 aliphatic carbocycles. The van der Waals surface area contributed by atoms with Crippen molar-refractivity contribution in [1.82, 2.24) is 9.97 Å². The molecular formula is C12H12N4O2. The number of carboxylic acid groups (broad SMARTS) is 1. The molecule has 0 atom stereocenters. The Bertz CT molecular complexity index is 581. The summed E-state index contributed by atoms with van der Waals surface area (Å²) >= 11 is 0. The van der Waals surface area contributed by atoms with E-state index in [0.29, 0.717) is 5.82 Å². The van der Waals surface area contributed by atoms with Gasteiger partial charge in [-0.15, -0.1) is 0 Å². The van der Waals surface area contributed by atoms with Gasteiger partial charge in [0.1, 0.15) is 0 Å². The molecule has 0 saturated carbocycles. The molecular weight excluding hydrogens is 232 g/mol. The Morgan fingerprint density at radius 2 is 2.11 bits per heavy atom. The summed E-state index contributed by atoms with van der Waals surface area (Å²) in [7, 11) is 0. The molecule has 0 aliphatic heterocycles. The van der Waals surface area contributed by atoms with Gasteiger partial charge in [-0.2, -0.15) is 0 Å². The van der Waals surface area contributed by atoms with Gasteiger partial charge in [0.05, 0.1) is 23.1 Å². The van der Waals surface area contributed by atoms with Gasteiger partial charge >= 0.3 is 5.97 Å². The molecule has 0 bridgehead atoms. The fourth-order valence-electron chi connectivity index (χ4n) is 1.38. The molecule has 0 spiro atoms. The fourth-order valence-corrected chi connectivity index (χ4v) is 1.38. The highest BCUT2D eigenvalue weighted by atomic mass is 16.4. The van der Waals surface area contributed by atoms with Crippen molar-refractivity contribution >= 4 is 23.2 Å². The van der Waals surface area contributed by atoms with Gasteiger partial charge in [-0.3, -0.25) is 4.98 Å². The van der Waals surface area contributed by atoms with E-state index in [9.17, 15) is 4.79 Å². The minimum absolute atomic E-state index is 0.0556. The van der Waals surface area contributed by atoms with E-state index in [1.165, 1.54) is 12.3 Å². The van der Waals surface area contributed by atoms with Crippen LogP contribution in [-0.2, 0) is 0 Å². The molecule has 92 valence electrons. The first-order valence-corrected chi connectivity index (χ1v) is 5.25. The third kappa shape index (κ3) is 2.54. The van der Waals surface area contributed by atoms with Crippen LogP contribution in [0.25, 0.3) is 0 Å². The highest BCUT2D eigenvalue weighted by Gasteiger charge is 2.07. The molecule has 0 aromatic carbocycles. The van der Waals surface area contributed by atoms with E-state index < -0.39 is 5.97 Å². The highest BCUT2D eigenvalue weighted by molar-refractivity contribution is 5.89. The molecule has 0 amide bonds. The largest absolute Gasteiger partial charge is 0.478 e. The van der Waals surface area contributed by atoms with Crippen molar-refractivity contribution in [3.63, 3.8) is 0 Å². The number of aromatic nitrogens is 2. The van der Waals surface area contributed by atoms with Crippen LogP contribution in [0, 0.1) is 6.92 Å². The molecule has 4 N–H and O–H groups in total. The summed E-state index contributed by atoms with van der Waals surface area (Å²) in [6.07, 6.45) is 2.91. The Morgan fingerprint density at radius 1 is 1.33 bits per heavy atom. The topological polar surface area (TPSA) is 101 Å². The zero-order valence-corrected chi connectivity index (χ0v) is 9.71. The predicted octanol–water partition coefficient (Wildman–Crippen LogP) is 1.81. The molecule has 6 heteroatoms. The lowest BCUT2D eigenvalue weighted by atomic mass is 10.2. The van der Waals surface area contributed by atoms with E-state index >= 15 is 0 Å². The maximum Gasteiger partial charge on any atom is 0.337 e. The van der Waals surface area contributed by atoms with E-state index in [1.54, 1.807) is 6.20 Å². The summed E-state index contributed by atoms with van der Waals surface area (Å²) < 4.78 is 0. The quantitative estimate of drug-likeness (QED) is 0.761. The van der Waals surface area contributed by atoms with E-state index in [-0.39, 0.29) is 11.3 Å². The number of nitrogens with two attached hydrogens (primary N) is 1. The van der Waals surface area contributed by atoms with Gasteiger partial charge in [-0.1, -0.05) is 0 Å². The van der Waals surface area contributed by atoms with Crippen LogP contribution in [0.2, 0.25) is 0 Å². The van der Waals surface area contributed by atoms with Gasteiger partial charge in [-0.25, -0.2) is 9.78 Å². The van der Waals surface area contributed by atoms with Gasteiger partial charge in [0.25, 0.3) is 0 Å². The summed E-state index contributed by atoms with van der Waals surface area (Å²) in [5.41, 5.74) is 7.70. The molecule has 2 aromatic heterocycles. The number of aromatic carboxylic acids is 1. The summed E-state index contributed by atoms with van der Waals surface area (Å²) in [6, 6.07) is 5.05. The number of pyridine rings is 2. The number of anilines is 3. The van der Waals surface area contributed by atoms with Crippen LogP contribution in [0.4, 0.5) is 17.2 Å². The van der Waals surface area contributed by atoms with Gasteiger partial charge in [0.15, 0.2) is 5.82 Å². The van der Waals surface area contributed by atoms with E-state index in [1.807, 2.05) is 19.1 Å². The second-order valence-corrected chi connectivity index (χ2v) is 3.78. The van der Waals surface area contributed by atoms with Crippen LogP contribution in [0.5, 0.6) is 0 Å². The predicted molar refractivity (Wildman–Crippen MR) is 67.9 cm³/mol. The van der Waals surface area contributed by atoms with Crippen LogP contribution in [0.3, 0.4) is 0 Å². The standard InChI is InChI=1S/C12H12N4O2/c1-7-2-3-9(6-14-7)16-11-10(13)4-8(5-15-11)12(17)18/h2-6H,13H2,1H3,(H,15,16)(H,17,18). The minimum Gasteiger partial charge on any atom is -0.478 e. The van der Waals surface area contributed by atoms with Gasteiger partial charge in [-0.05, 0) is 25.1 Å².